The van der Waals surface area contributed by atoms with E-state index in [0.29, 0.717) is 17.7 Å². The van der Waals surface area contributed by atoms with Crippen LogP contribution in [-0.2, 0) is 9.53 Å². The Morgan fingerprint density at radius 1 is 1.40 bits per heavy atom. The number of benzene rings is 1. The summed E-state index contributed by atoms with van der Waals surface area (Å²) in [4.78, 5) is 23.9. The van der Waals surface area contributed by atoms with E-state index < -0.39 is 12.0 Å². The number of anilines is 1. The fourth-order valence-corrected chi connectivity index (χ4v) is 2.18. The SMILES string of the molecule is COC(=O)[C@H](CC(C)C)NC(=O)c1ccc(Br)cc1N. The molecular weight excluding hydrogens is 324 g/mol. The third kappa shape index (κ3) is 4.52. The summed E-state index contributed by atoms with van der Waals surface area (Å²) in [5, 5.41) is 2.67. The number of nitrogen functional groups attached to an aromatic ring is 1. The molecular formula is C14H19BrN2O3. The number of hydrogen-bond acceptors (Lipinski definition) is 4. The molecule has 0 saturated carbocycles. The quantitative estimate of drug-likeness (QED) is 0.635. The van der Waals surface area contributed by atoms with Crippen molar-refractivity contribution in [3.05, 3.63) is 28.2 Å². The summed E-state index contributed by atoms with van der Waals surface area (Å²) < 4.78 is 5.50. The minimum Gasteiger partial charge on any atom is -0.467 e. The molecule has 1 aromatic carbocycles. The highest BCUT2D eigenvalue weighted by Crippen LogP contribution is 2.19. The molecule has 0 aromatic heterocycles. The third-order valence-corrected chi connectivity index (χ3v) is 3.25. The van der Waals surface area contributed by atoms with Gasteiger partial charge in [0.1, 0.15) is 6.04 Å². The fraction of sp³-hybridized carbons (Fsp3) is 0.429. The summed E-state index contributed by atoms with van der Waals surface area (Å²) in [6.45, 7) is 3.94. The smallest absolute Gasteiger partial charge is 0.328 e. The average Bonchev–Trinajstić information content (AvgIpc) is 2.36. The van der Waals surface area contributed by atoms with Gasteiger partial charge in [0.25, 0.3) is 5.91 Å². The Labute approximate surface area is 127 Å². The molecule has 1 rings (SSSR count). The van der Waals surface area contributed by atoms with Gasteiger partial charge in [-0.2, -0.15) is 0 Å². The van der Waals surface area contributed by atoms with Crippen LogP contribution in [-0.4, -0.2) is 25.0 Å². The molecule has 6 heteroatoms. The van der Waals surface area contributed by atoms with Gasteiger partial charge in [-0.3, -0.25) is 4.79 Å². The Kier molecular flexibility index (Phi) is 6.01. The second kappa shape index (κ2) is 7.28. The summed E-state index contributed by atoms with van der Waals surface area (Å²) in [6, 6.07) is 4.31. The lowest BCUT2D eigenvalue weighted by Gasteiger charge is -2.18. The second-order valence-corrected chi connectivity index (χ2v) is 5.83. The highest BCUT2D eigenvalue weighted by molar-refractivity contribution is 9.10. The first-order chi connectivity index (χ1) is 9.35. The van der Waals surface area contributed by atoms with E-state index in [0.717, 1.165) is 4.47 Å². The van der Waals surface area contributed by atoms with Crippen LogP contribution in [0.5, 0.6) is 0 Å². The van der Waals surface area contributed by atoms with Gasteiger partial charge in [0.05, 0.1) is 12.7 Å². The Morgan fingerprint density at radius 2 is 2.05 bits per heavy atom. The molecule has 3 N–H and O–H groups in total. The van der Waals surface area contributed by atoms with E-state index in [1.807, 2.05) is 13.8 Å². The zero-order valence-corrected chi connectivity index (χ0v) is 13.4. The van der Waals surface area contributed by atoms with Crippen molar-refractivity contribution in [1.82, 2.24) is 5.32 Å². The van der Waals surface area contributed by atoms with Crippen LogP contribution < -0.4 is 11.1 Å². The maximum Gasteiger partial charge on any atom is 0.328 e. The van der Waals surface area contributed by atoms with Crippen molar-refractivity contribution >= 4 is 33.5 Å². The molecule has 0 bridgehead atoms. The molecule has 110 valence electrons. The van der Waals surface area contributed by atoms with E-state index in [4.69, 9.17) is 10.5 Å². The van der Waals surface area contributed by atoms with Crippen molar-refractivity contribution in [3.63, 3.8) is 0 Å². The summed E-state index contributed by atoms with van der Waals surface area (Å²) in [6.07, 6.45) is 0.509. The minimum absolute atomic E-state index is 0.252. The van der Waals surface area contributed by atoms with E-state index in [1.54, 1.807) is 18.2 Å². The van der Waals surface area contributed by atoms with E-state index in [-0.39, 0.29) is 11.8 Å². The molecule has 20 heavy (non-hydrogen) atoms. The molecule has 0 heterocycles. The highest BCUT2D eigenvalue weighted by Gasteiger charge is 2.23. The van der Waals surface area contributed by atoms with Crippen LogP contribution in [0, 0.1) is 5.92 Å². The van der Waals surface area contributed by atoms with Crippen molar-refractivity contribution in [1.29, 1.82) is 0 Å². The lowest BCUT2D eigenvalue weighted by atomic mass is 10.0. The minimum atomic E-state index is -0.671. The van der Waals surface area contributed by atoms with Crippen molar-refractivity contribution in [2.45, 2.75) is 26.3 Å². The number of nitrogens with one attached hydrogen (secondary N) is 1. The van der Waals surface area contributed by atoms with Gasteiger partial charge in [-0.05, 0) is 30.5 Å². The summed E-state index contributed by atoms with van der Waals surface area (Å²) in [5.74, 6) is -0.588. The number of nitrogens with two attached hydrogens (primary N) is 1. The molecule has 5 nitrogen and oxygen atoms in total. The van der Waals surface area contributed by atoms with Gasteiger partial charge >= 0.3 is 5.97 Å². The predicted octanol–water partition coefficient (Wildman–Crippen LogP) is 2.35. The molecule has 0 fully saturated rings. The standard InChI is InChI=1S/C14H19BrN2O3/c1-8(2)6-12(14(19)20-3)17-13(18)10-5-4-9(15)7-11(10)16/h4-5,7-8,12H,6,16H2,1-3H3,(H,17,18)/t12-/m0/s1. The number of amides is 1. The third-order valence-electron chi connectivity index (χ3n) is 2.76. The lowest BCUT2D eigenvalue weighted by Crippen LogP contribution is -2.42. The number of hydrogen-bond donors (Lipinski definition) is 2. The molecule has 0 aliphatic heterocycles. The average molecular weight is 343 g/mol. The predicted molar refractivity (Wildman–Crippen MR) is 81.3 cm³/mol. The van der Waals surface area contributed by atoms with E-state index in [1.165, 1.54) is 7.11 Å². The Morgan fingerprint density at radius 3 is 2.55 bits per heavy atom. The van der Waals surface area contributed by atoms with Gasteiger partial charge < -0.3 is 15.8 Å². The molecule has 0 spiro atoms. The van der Waals surface area contributed by atoms with Gasteiger partial charge in [0.15, 0.2) is 0 Å². The fourth-order valence-electron chi connectivity index (χ4n) is 1.80. The van der Waals surface area contributed by atoms with Gasteiger partial charge in [-0.1, -0.05) is 29.8 Å². The lowest BCUT2D eigenvalue weighted by molar-refractivity contribution is -0.143. The van der Waals surface area contributed by atoms with E-state index in [9.17, 15) is 9.59 Å². The van der Waals surface area contributed by atoms with Crippen LogP contribution in [0.15, 0.2) is 22.7 Å². The number of methoxy groups -OCH3 is 1. The van der Waals surface area contributed by atoms with Crippen LogP contribution in [0.3, 0.4) is 0 Å². The molecule has 0 saturated heterocycles. The molecule has 0 radical (unpaired) electrons. The maximum atomic E-state index is 12.2. The van der Waals surface area contributed by atoms with Crippen LogP contribution in [0.1, 0.15) is 30.6 Å². The topological polar surface area (TPSA) is 81.4 Å². The first kappa shape index (κ1) is 16.5. The maximum absolute atomic E-state index is 12.2. The van der Waals surface area contributed by atoms with Crippen LogP contribution in [0.2, 0.25) is 0 Å². The summed E-state index contributed by atoms with van der Waals surface area (Å²) in [7, 11) is 1.30. The van der Waals surface area contributed by atoms with Gasteiger partial charge in [-0.15, -0.1) is 0 Å². The van der Waals surface area contributed by atoms with E-state index in [2.05, 4.69) is 21.2 Å². The molecule has 1 amide bonds. The monoisotopic (exact) mass is 342 g/mol. The molecule has 0 aliphatic carbocycles. The zero-order chi connectivity index (χ0) is 15.3. The summed E-state index contributed by atoms with van der Waals surface area (Å²) in [5.41, 5.74) is 6.49. The number of ether oxygens (including phenoxy) is 1. The molecule has 0 aliphatic rings. The zero-order valence-electron chi connectivity index (χ0n) is 11.8. The van der Waals surface area contributed by atoms with Crippen molar-refractivity contribution in [3.8, 4) is 0 Å². The van der Waals surface area contributed by atoms with Crippen LogP contribution >= 0.6 is 15.9 Å². The van der Waals surface area contributed by atoms with Crippen molar-refractivity contribution in [2.24, 2.45) is 5.92 Å². The largest absolute Gasteiger partial charge is 0.467 e. The number of carbonyl (C=O) groups is 2. The first-order valence-corrected chi connectivity index (χ1v) is 7.08. The number of halogens is 1. The molecule has 1 aromatic rings. The second-order valence-electron chi connectivity index (χ2n) is 4.91. The number of carbonyl (C=O) groups excluding carboxylic acids is 2. The van der Waals surface area contributed by atoms with Crippen LogP contribution in [0.4, 0.5) is 5.69 Å². The summed E-state index contributed by atoms with van der Waals surface area (Å²) >= 11 is 3.28. The Hall–Kier alpha value is -1.56. The molecule has 0 unspecified atom stereocenters. The van der Waals surface area contributed by atoms with E-state index >= 15 is 0 Å². The van der Waals surface area contributed by atoms with Crippen molar-refractivity contribution < 1.29 is 14.3 Å². The molecule has 1 atom stereocenters. The normalized spacial score (nSPS) is 12.1. The first-order valence-electron chi connectivity index (χ1n) is 6.28. The Bertz CT molecular complexity index is 503. The Balaban J connectivity index is 2.87. The van der Waals surface area contributed by atoms with Gasteiger partial charge in [-0.25, -0.2) is 4.79 Å². The van der Waals surface area contributed by atoms with Crippen molar-refractivity contribution in [2.75, 3.05) is 12.8 Å². The van der Waals surface area contributed by atoms with Gasteiger partial charge in [0, 0.05) is 10.2 Å². The van der Waals surface area contributed by atoms with Crippen LogP contribution in [0.25, 0.3) is 0 Å². The number of esters is 1. The van der Waals surface area contributed by atoms with Gasteiger partial charge in [0.2, 0.25) is 0 Å². The highest BCUT2D eigenvalue weighted by atomic mass is 79.9. The number of rotatable bonds is 5.